The summed E-state index contributed by atoms with van der Waals surface area (Å²) in [6.45, 7) is 0. The number of anilines is 1. The minimum absolute atomic E-state index is 0.0612. The lowest BCUT2D eigenvalue weighted by Crippen LogP contribution is -2.12. The molecule has 0 amide bonds. The third-order valence-corrected chi connectivity index (χ3v) is 2.67. The Kier molecular flexibility index (Phi) is 2.14. The summed E-state index contributed by atoms with van der Waals surface area (Å²) in [6.07, 6.45) is 3.50. The number of fused-ring (bicyclic) bond motifs is 1. The number of nitrogens with zero attached hydrogens (tertiary/aromatic N) is 2. The van der Waals surface area contributed by atoms with Crippen LogP contribution in [-0.4, -0.2) is 11.3 Å². The summed E-state index contributed by atoms with van der Waals surface area (Å²) in [5, 5.41) is 3.06. The van der Waals surface area contributed by atoms with E-state index >= 15 is 0 Å². The zero-order valence-electron chi connectivity index (χ0n) is 8.67. The molecule has 1 aliphatic rings. The quantitative estimate of drug-likeness (QED) is 0.783. The molecule has 1 N–H and O–H groups in total. The molecule has 1 aliphatic heterocycles. The van der Waals surface area contributed by atoms with Crippen LogP contribution >= 0.6 is 0 Å². The van der Waals surface area contributed by atoms with E-state index in [9.17, 15) is 0 Å². The van der Waals surface area contributed by atoms with Gasteiger partial charge in [-0.2, -0.15) is 0 Å². The van der Waals surface area contributed by atoms with E-state index in [0.717, 1.165) is 11.4 Å². The monoisotopic (exact) mass is 209 g/mol. The van der Waals surface area contributed by atoms with Crippen LogP contribution in [0.4, 0.5) is 5.82 Å². The molecule has 16 heavy (non-hydrogen) atoms. The van der Waals surface area contributed by atoms with Crippen molar-refractivity contribution in [2.45, 2.75) is 6.04 Å². The molecule has 0 radical (unpaired) electrons. The summed E-state index contributed by atoms with van der Waals surface area (Å²) >= 11 is 0. The first-order valence-electron chi connectivity index (χ1n) is 5.23. The molecule has 78 valence electrons. The number of rotatable bonds is 1. The SMILES string of the molecule is C1=NC(c2ccccc2)c2cccnc2N1. The lowest BCUT2D eigenvalue weighted by molar-refractivity contribution is 0.861. The average Bonchev–Trinajstić information content (AvgIpc) is 2.39. The minimum Gasteiger partial charge on any atom is -0.331 e. The third-order valence-electron chi connectivity index (χ3n) is 2.67. The largest absolute Gasteiger partial charge is 0.331 e. The molecule has 1 aromatic heterocycles. The highest BCUT2D eigenvalue weighted by atomic mass is 15.1. The topological polar surface area (TPSA) is 37.3 Å². The summed E-state index contributed by atoms with van der Waals surface area (Å²) in [5.74, 6) is 0.895. The van der Waals surface area contributed by atoms with Gasteiger partial charge in [-0.05, 0) is 11.6 Å². The molecular weight excluding hydrogens is 198 g/mol. The molecule has 2 aromatic rings. The minimum atomic E-state index is 0.0612. The molecule has 3 nitrogen and oxygen atoms in total. The van der Waals surface area contributed by atoms with Gasteiger partial charge in [0.1, 0.15) is 11.9 Å². The van der Waals surface area contributed by atoms with E-state index in [1.807, 2.05) is 24.3 Å². The predicted octanol–water partition coefficient (Wildman–Crippen LogP) is 2.62. The van der Waals surface area contributed by atoms with E-state index in [1.165, 1.54) is 5.56 Å². The van der Waals surface area contributed by atoms with E-state index in [2.05, 4.69) is 33.5 Å². The first kappa shape index (κ1) is 9.09. The third kappa shape index (κ3) is 1.46. The number of benzene rings is 1. The number of hydrogen-bond donors (Lipinski definition) is 1. The van der Waals surface area contributed by atoms with Crippen LogP contribution in [0.5, 0.6) is 0 Å². The zero-order valence-corrected chi connectivity index (χ0v) is 8.67. The van der Waals surface area contributed by atoms with Gasteiger partial charge >= 0.3 is 0 Å². The molecular formula is C13H11N3. The summed E-state index contributed by atoms with van der Waals surface area (Å²) in [5.41, 5.74) is 2.31. The van der Waals surface area contributed by atoms with E-state index in [0.29, 0.717) is 0 Å². The maximum absolute atomic E-state index is 4.46. The molecule has 3 rings (SSSR count). The number of aromatic nitrogens is 1. The van der Waals surface area contributed by atoms with Crippen molar-refractivity contribution in [1.82, 2.24) is 4.98 Å². The maximum atomic E-state index is 4.46. The van der Waals surface area contributed by atoms with Crippen molar-refractivity contribution in [3.8, 4) is 0 Å². The second-order valence-electron chi connectivity index (χ2n) is 3.68. The number of hydrogen-bond acceptors (Lipinski definition) is 3. The van der Waals surface area contributed by atoms with Crippen molar-refractivity contribution < 1.29 is 0 Å². The Hall–Kier alpha value is -2.16. The van der Waals surface area contributed by atoms with Crippen LogP contribution in [0.1, 0.15) is 17.2 Å². The van der Waals surface area contributed by atoms with E-state index < -0.39 is 0 Å². The van der Waals surface area contributed by atoms with E-state index in [1.54, 1.807) is 12.5 Å². The van der Waals surface area contributed by atoms with E-state index in [-0.39, 0.29) is 6.04 Å². The van der Waals surface area contributed by atoms with Crippen LogP contribution in [0, 0.1) is 0 Å². The standard InChI is InChI=1S/C13H11N3/c1-2-5-10(6-3-1)12-11-7-4-8-14-13(11)16-9-15-12/h1-9,12H,(H,14,15,16). The lowest BCUT2D eigenvalue weighted by atomic mass is 9.99. The maximum Gasteiger partial charge on any atom is 0.136 e. The molecule has 2 heterocycles. The fourth-order valence-corrected chi connectivity index (χ4v) is 1.91. The van der Waals surface area contributed by atoms with Gasteiger partial charge in [0.25, 0.3) is 0 Å². The van der Waals surface area contributed by atoms with Gasteiger partial charge < -0.3 is 5.32 Å². The zero-order chi connectivity index (χ0) is 10.8. The van der Waals surface area contributed by atoms with E-state index in [4.69, 9.17) is 0 Å². The lowest BCUT2D eigenvalue weighted by Gasteiger charge is -2.20. The Morgan fingerprint density at radius 2 is 1.88 bits per heavy atom. The normalized spacial score (nSPS) is 17.6. The van der Waals surface area contributed by atoms with Crippen molar-refractivity contribution in [3.05, 3.63) is 59.8 Å². The molecule has 1 aromatic carbocycles. The summed E-state index contributed by atoms with van der Waals surface area (Å²) < 4.78 is 0. The highest BCUT2D eigenvalue weighted by molar-refractivity contribution is 5.79. The Morgan fingerprint density at radius 1 is 1.00 bits per heavy atom. The van der Waals surface area contributed by atoms with Gasteiger partial charge in [0.05, 0.1) is 6.34 Å². The highest BCUT2D eigenvalue weighted by Gasteiger charge is 2.18. The second-order valence-corrected chi connectivity index (χ2v) is 3.68. The smallest absolute Gasteiger partial charge is 0.136 e. The Balaban J connectivity index is 2.09. The number of pyridine rings is 1. The van der Waals surface area contributed by atoms with Crippen molar-refractivity contribution in [1.29, 1.82) is 0 Å². The van der Waals surface area contributed by atoms with Gasteiger partial charge in [0.15, 0.2) is 0 Å². The van der Waals surface area contributed by atoms with Crippen molar-refractivity contribution in [3.63, 3.8) is 0 Å². The molecule has 0 fully saturated rings. The van der Waals surface area contributed by atoms with Gasteiger partial charge in [0.2, 0.25) is 0 Å². The summed E-state index contributed by atoms with van der Waals surface area (Å²) in [4.78, 5) is 8.76. The first-order chi connectivity index (χ1) is 7.95. The average molecular weight is 209 g/mol. The van der Waals surface area contributed by atoms with Crippen molar-refractivity contribution in [2.75, 3.05) is 5.32 Å². The molecule has 0 aliphatic carbocycles. The summed E-state index contributed by atoms with van der Waals surface area (Å²) in [6, 6.07) is 14.3. The molecule has 0 saturated carbocycles. The number of aliphatic imine (C=N–C) groups is 1. The number of nitrogens with one attached hydrogen (secondary N) is 1. The van der Waals surface area contributed by atoms with Crippen LogP contribution in [0.15, 0.2) is 53.7 Å². The molecule has 1 atom stereocenters. The summed E-state index contributed by atoms with van der Waals surface area (Å²) in [7, 11) is 0. The molecule has 3 heteroatoms. The second kappa shape index (κ2) is 3.77. The predicted molar refractivity (Wildman–Crippen MR) is 64.6 cm³/mol. The van der Waals surface area contributed by atoms with Crippen LogP contribution in [0.3, 0.4) is 0 Å². The van der Waals surface area contributed by atoms with Crippen molar-refractivity contribution in [2.24, 2.45) is 4.99 Å². The highest BCUT2D eigenvalue weighted by Crippen LogP contribution is 2.31. The van der Waals surface area contributed by atoms with Gasteiger partial charge in [0, 0.05) is 11.8 Å². The Bertz CT molecular complexity index is 520. The van der Waals surface area contributed by atoms with Gasteiger partial charge in [-0.25, -0.2) is 4.98 Å². The van der Waals surface area contributed by atoms with Gasteiger partial charge in [-0.3, -0.25) is 4.99 Å². The fourth-order valence-electron chi connectivity index (χ4n) is 1.91. The van der Waals surface area contributed by atoms with Gasteiger partial charge in [-0.15, -0.1) is 0 Å². The molecule has 0 saturated heterocycles. The van der Waals surface area contributed by atoms with Crippen LogP contribution in [0.2, 0.25) is 0 Å². The van der Waals surface area contributed by atoms with Gasteiger partial charge in [-0.1, -0.05) is 36.4 Å². The van der Waals surface area contributed by atoms with Crippen LogP contribution in [0.25, 0.3) is 0 Å². The molecule has 0 bridgehead atoms. The fraction of sp³-hybridized carbons (Fsp3) is 0.0769. The molecule has 0 spiro atoms. The molecule has 1 unspecified atom stereocenters. The Labute approximate surface area is 93.9 Å². The van der Waals surface area contributed by atoms with Crippen LogP contribution in [-0.2, 0) is 0 Å². The first-order valence-corrected chi connectivity index (χ1v) is 5.23. The Morgan fingerprint density at radius 3 is 2.75 bits per heavy atom. The van der Waals surface area contributed by atoms with Crippen LogP contribution < -0.4 is 5.32 Å². The van der Waals surface area contributed by atoms with Crippen molar-refractivity contribution >= 4 is 12.2 Å².